The van der Waals surface area contributed by atoms with Crippen LogP contribution in [0.4, 0.5) is 0 Å². The van der Waals surface area contributed by atoms with Crippen molar-refractivity contribution in [3.05, 3.63) is 0 Å². The minimum atomic E-state index is 0.299. The van der Waals surface area contributed by atoms with Gasteiger partial charge in [0.15, 0.2) is 0 Å². The molecule has 17 heavy (non-hydrogen) atoms. The summed E-state index contributed by atoms with van der Waals surface area (Å²) in [5.74, 6) is 0.648. The van der Waals surface area contributed by atoms with E-state index in [-0.39, 0.29) is 0 Å². The van der Waals surface area contributed by atoms with Crippen LogP contribution in [-0.4, -0.2) is 50.2 Å². The lowest BCUT2D eigenvalue weighted by atomic mass is 9.84. The van der Waals surface area contributed by atoms with E-state index < -0.39 is 0 Å². The summed E-state index contributed by atoms with van der Waals surface area (Å²) < 4.78 is 5.10. The number of methoxy groups -OCH3 is 1. The average molecular weight is 240 g/mol. The van der Waals surface area contributed by atoms with Crippen molar-refractivity contribution in [2.24, 2.45) is 5.92 Å². The van der Waals surface area contributed by atoms with Gasteiger partial charge in [-0.25, -0.2) is 0 Å². The van der Waals surface area contributed by atoms with E-state index in [0.29, 0.717) is 24.5 Å². The highest BCUT2D eigenvalue weighted by molar-refractivity contribution is 5.79. The predicted octanol–water partition coefficient (Wildman–Crippen LogP) is 1.01. The second-order valence-corrected chi connectivity index (χ2v) is 5.20. The van der Waals surface area contributed by atoms with Crippen LogP contribution in [-0.2, 0) is 9.53 Å². The van der Waals surface area contributed by atoms with E-state index in [4.69, 9.17) is 4.74 Å². The molecule has 0 radical (unpaired) electrons. The van der Waals surface area contributed by atoms with Crippen molar-refractivity contribution in [1.29, 1.82) is 0 Å². The molecule has 0 bridgehead atoms. The molecule has 98 valence electrons. The van der Waals surface area contributed by atoms with Crippen LogP contribution < -0.4 is 5.32 Å². The number of ether oxygens (including phenoxy) is 1. The third-order valence-corrected chi connectivity index (χ3v) is 3.93. The van der Waals surface area contributed by atoms with Gasteiger partial charge in [-0.3, -0.25) is 4.79 Å². The molecule has 1 unspecified atom stereocenters. The second kappa shape index (κ2) is 6.36. The third-order valence-electron chi connectivity index (χ3n) is 3.93. The Bertz CT molecular complexity index is 248. The van der Waals surface area contributed by atoms with Crippen molar-refractivity contribution in [2.45, 2.75) is 38.1 Å². The first kappa shape index (κ1) is 12.8. The van der Waals surface area contributed by atoms with Crippen LogP contribution in [0, 0.1) is 5.92 Å². The van der Waals surface area contributed by atoms with E-state index in [1.54, 1.807) is 7.11 Å². The van der Waals surface area contributed by atoms with Crippen LogP contribution >= 0.6 is 0 Å². The maximum absolute atomic E-state index is 12.3. The number of carbonyl (C=O) groups is 1. The molecule has 2 aliphatic rings. The molecule has 1 heterocycles. The fourth-order valence-corrected chi connectivity index (χ4v) is 2.58. The van der Waals surface area contributed by atoms with E-state index in [9.17, 15) is 4.79 Å². The first-order chi connectivity index (χ1) is 8.31. The van der Waals surface area contributed by atoms with Gasteiger partial charge in [0, 0.05) is 32.2 Å². The summed E-state index contributed by atoms with van der Waals surface area (Å²) in [5, 5.41) is 3.46. The molecular formula is C13H24N2O2. The Morgan fingerprint density at radius 1 is 1.35 bits per heavy atom. The third kappa shape index (κ3) is 3.42. The molecule has 0 aromatic heterocycles. The lowest BCUT2D eigenvalue weighted by molar-refractivity contribution is -0.139. The van der Waals surface area contributed by atoms with Crippen molar-refractivity contribution >= 4 is 5.91 Å². The van der Waals surface area contributed by atoms with Gasteiger partial charge in [-0.15, -0.1) is 0 Å². The van der Waals surface area contributed by atoms with Crippen LogP contribution in [0.5, 0.6) is 0 Å². The number of hydrogen-bond donors (Lipinski definition) is 1. The lowest BCUT2D eigenvalue weighted by Crippen LogP contribution is -2.46. The second-order valence-electron chi connectivity index (χ2n) is 5.20. The van der Waals surface area contributed by atoms with Crippen molar-refractivity contribution in [2.75, 3.05) is 33.4 Å². The summed E-state index contributed by atoms with van der Waals surface area (Å²) in [6, 6.07) is 0.496. The molecular weight excluding hydrogens is 216 g/mol. The van der Waals surface area contributed by atoms with Gasteiger partial charge in [0.05, 0.1) is 6.61 Å². The SMILES string of the molecule is COCCN(CC1CCCN1)C(=O)C1CCC1. The van der Waals surface area contributed by atoms with Crippen LogP contribution in [0.3, 0.4) is 0 Å². The molecule has 4 heteroatoms. The minimum Gasteiger partial charge on any atom is -0.383 e. The number of hydrogen-bond acceptors (Lipinski definition) is 3. The van der Waals surface area contributed by atoms with E-state index in [2.05, 4.69) is 5.32 Å². The fraction of sp³-hybridized carbons (Fsp3) is 0.923. The van der Waals surface area contributed by atoms with E-state index in [1.165, 1.54) is 19.3 Å². The average Bonchev–Trinajstić information content (AvgIpc) is 2.74. The Labute approximate surface area is 104 Å². The molecule has 1 aliphatic carbocycles. The number of nitrogens with one attached hydrogen (secondary N) is 1. The fourth-order valence-electron chi connectivity index (χ4n) is 2.58. The summed E-state index contributed by atoms with van der Waals surface area (Å²) >= 11 is 0. The Morgan fingerprint density at radius 3 is 2.71 bits per heavy atom. The van der Waals surface area contributed by atoms with Crippen LogP contribution in [0.25, 0.3) is 0 Å². The quantitative estimate of drug-likeness (QED) is 0.753. The Hall–Kier alpha value is -0.610. The molecule has 1 saturated carbocycles. The van der Waals surface area contributed by atoms with E-state index in [1.807, 2.05) is 4.90 Å². The summed E-state index contributed by atoms with van der Waals surface area (Å²) in [7, 11) is 1.69. The van der Waals surface area contributed by atoms with Gasteiger partial charge in [-0.05, 0) is 32.2 Å². The monoisotopic (exact) mass is 240 g/mol. The number of amides is 1. The Morgan fingerprint density at radius 2 is 2.18 bits per heavy atom. The smallest absolute Gasteiger partial charge is 0.225 e. The van der Waals surface area contributed by atoms with Gasteiger partial charge >= 0.3 is 0 Å². The van der Waals surface area contributed by atoms with Gasteiger partial charge in [-0.1, -0.05) is 6.42 Å². The molecule has 2 fully saturated rings. The molecule has 2 rings (SSSR count). The van der Waals surface area contributed by atoms with Crippen molar-refractivity contribution in [3.63, 3.8) is 0 Å². The highest BCUT2D eigenvalue weighted by atomic mass is 16.5. The zero-order chi connectivity index (χ0) is 12.1. The maximum Gasteiger partial charge on any atom is 0.225 e. The molecule has 1 amide bonds. The van der Waals surface area contributed by atoms with Crippen LogP contribution in [0.2, 0.25) is 0 Å². The lowest BCUT2D eigenvalue weighted by Gasteiger charge is -2.33. The van der Waals surface area contributed by atoms with Crippen molar-refractivity contribution in [1.82, 2.24) is 10.2 Å². The topological polar surface area (TPSA) is 41.6 Å². The summed E-state index contributed by atoms with van der Waals surface area (Å²) in [6.07, 6.45) is 5.82. The minimum absolute atomic E-state index is 0.299. The number of carbonyl (C=O) groups excluding carboxylic acids is 1. The summed E-state index contributed by atoms with van der Waals surface area (Å²) in [5.41, 5.74) is 0. The molecule has 1 aliphatic heterocycles. The maximum atomic E-state index is 12.3. The molecule has 0 aromatic rings. The number of nitrogens with zero attached hydrogens (tertiary/aromatic N) is 1. The van der Waals surface area contributed by atoms with Crippen molar-refractivity contribution < 1.29 is 9.53 Å². The van der Waals surface area contributed by atoms with E-state index in [0.717, 1.165) is 32.5 Å². The first-order valence-corrected chi connectivity index (χ1v) is 6.82. The Balaban J connectivity index is 1.84. The molecule has 4 nitrogen and oxygen atoms in total. The van der Waals surface area contributed by atoms with Gasteiger partial charge in [0.1, 0.15) is 0 Å². The van der Waals surface area contributed by atoms with Gasteiger partial charge in [0.25, 0.3) is 0 Å². The first-order valence-electron chi connectivity index (χ1n) is 6.82. The summed E-state index contributed by atoms with van der Waals surface area (Å²) in [6.45, 7) is 3.34. The van der Waals surface area contributed by atoms with Gasteiger partial charge in [0.2, 0.25) is 5.91 Å². The molecule has 1 N–H and O–H groups in total. The normalized spacial score (nSPS) is 24.6. The zero-order valence-corrected chi connectivity index (χ0v) is 10.8. The standard InChI is InChI=1S/C13H24N2O2/c1-17-9-8-15(10-12-6-3-7-14-12)13(16)11-4-2-5-11/h11-12,14H,2-10H2,1H3. The summed E-state index contributed by atoms with van der Waals surface area (Å²) in [4.78, 5) is 14.3. The number of rotatable bonds is 6. The van der Waals surface area contributed by atoms with E-state index >= 15 is 0 Å². The highest BCUT2D eigenvalue weighted by Crippen LogP contribution is 2.28. The Kier molecular flexibility index (Phi) is 4.80. The molecule has 0 spiro atoms. The zero-order valence-electron chi connectivity index (χ0n) is 10.8. The molecule has 1 atom stereocenters. The van der Waals surface area contributed by atoms with Crippen molar-refractivity contribution in [3.8, 4) is 0 Å². The highest BCUT2D eigenvalue weighted by Gasteiger charge is 2.30. The van der Waals surface area contributed by atoms with Gasteiger partial charge in [-0.2, -0.15) is 0 Å². The molecule has 1 saturated heterocycles. The predicted molar refractivity (Wildman–Crippen MR) is 66.8 cm³/mol. The van der Waals surface area contributed by atoms with Crippen LogP contribution in [0.15, 0.2) is 0 Å². The van der Waals surface area contributed by atoms with Crippen LogP contribution in [0.1, 0.15) is 32.1 Å². The molecule has 0 aromatic carbocycles. The largest absolute Gasteiger partial charge is 0.383 e. The van der Waals surface area contributed by atoms with Gasteiger partial charge < -0.3 is 15.0 Å².